The molecular weight excluding hydrogens is 420 g/mol. The van der Waals surface area contributed by atoms with Crippen molar-refractivity contribution in [2.75, 3.05) is 0 Å². The molecule has 168 valence electrons. The SMILES string of the molecule is C1=C[C@H]2C[C@@H]1[C@H]1[C@@H]2[C@H](c2ccccc2)C2=C(c3ccc4c5c(ccc2c35)CC4)[C@@H]1c1ccccc1. The second-order valence-corrected chi connectivity index (χ2v) is 11.5. The van der Waals surface area contributed by atoms with Gasteiger partial charge >= 0.3 is 0 Å². The fourth-order valence-corrected chi connectivity index (χ4v) is 9.06. The summed E-state index contributed by atoms with van der Waals surface area (Å²) >= 11 is 0. The molecule has 0 spiro atoms. The minimum atomic E-state index is 0.474. The molecule has 0 heterocycles. The molecule has 0 aromatic heterocycles. The topological polar surface area (TPSA) is 0 Å². The summed E-state index contributed by atoms with van der Waals surface area (Å²) in [4.78, 5) is 0. The van der Waals surface area contributed by atoms with Gasteiger partial charge in [-0.2, -0.15) is 0 Å². The van der Waals surface area contributed by atoms with E-state index in [0.717, 1.165) is 0 Å². The highest BCUT2D eigenvalue weighted by Crippen LogP contribution is 2.69. The molecule has 5 aliphatic rings. The summed E-state index contributed by atoms with van der Waals surface area (Å²) in [7, 11) is 0. The van der Waals surface area contributed by atoms with Crippen LogP contribution < -0.4 is 0 Å². The van der Waals surface area contributed by atoms with Gasteiger partial charge in [-0.3, -0.25) is 0 Å². The number of aryl methyl sites for hydroxylation is 2. The first kappa shape index (κ1) is 18.9. The maximum Gasteiger partial charge on any atom is 0.0136 e. The van der Waals surface area contributed by atoms with Gasteiger partial charge in [-0.15, -0.1) is 0 Å². The third-order valence-electron chi connectivity index (χ3n) is 10.2. The van der Waals surface area contributed by atoms with Crippen LogP contribution in [-0.2, 0) is 12.8 Å². The molecule has 0 radical (unpaired) electrons. The average molecular weight is 449 g/mol. The van der Waals surface area contributed by atoms with Crippen molar-refractivity contribution < 1.29 is 0 Å². The van der Waals surface area contributed by atoms with Crippen molar-refractivity contribution in [2.24, 2.45) is 23.7 Å². The van der Waals surface area contributed by atoms with E-state index in [1.807, 2.05) is 0 Å². The average Bonchev–Trinajstić information content (AvgIpc) is 3.69. The highest BCUT2D eigenvalue weighted by molar-refractivity contribution is 6.18. The highest BCUT2D eigenvalue weighted by atomic mass is 14.6. The Balaban J connectivity index is 1.41. The van der Waals surface area contributed by atoms with Gasteiger partial charge in [0.2, 0.25) is 0 Å². The summed E-state index contributed by atoms with van der Waals surface area (Å²) in [6, 6.07) is 32.9. The van der Waals surface area contributed by atoms with E-state index in [9.17, 15) is 0 Å². The first-order valence-corrected chi connectivity index (χ1v) is 13.5. The van der Waals surface area contributed by atoms with Crippen molar-refractivity contribution in [3.63, 3.8) is 0 Å². The van der Waals surface area contributed by atoms with Crippen LogP contribution >= 0.6 is 0 Å². The third kappa shape index (κ3) is 2.29. The molecule has 0 amide bonds. The molecule has 4 aromatic carbocycles. The van der Waals surface area contributed by atoms with Gasteiger partial charge in [-0.25, -0.2) is 0 Å². The second kappa shape index (κ2) is 6.64. The first-order chi connectivity index (χ1) is 17.4. The lowest BCUT2D eigenvalue weighted by Crippen LogP contribution is -2.35. The molecule has 1 saturated carbocycles. The number of allylic oxidation sites excluding steroid dienone is 4. The quantitative estimate of drug-likeness (QED) is 0.271. The largest absolute Gasteiger partial charge is 0.0848 e. The summed E-state index contributed by atoms with van der Waals surface area (Å²) in [6.07, 6.45) is 8.88. The highest BCUT2D eigenvalue weighted by Gasteiger charge is 2.57. The molecule has 4 aromatic rings. The molecule has 0 unspecified atom stereocenters. The number of hydrogen-bond donors (Lipinski definition) is 0. The van der Waals surface area contributed by atoms with Crippen molar-refractivity contribution >= 4 is 21.9 Å². The van der Waals surface area contributed by atoms with Crippen LogP contribution in [0.4, 0.5) is 0 Å². The number of fused-ring (bicyclic) bond motifs is 7. The van der Waals surface area contributed by atoms with E-state index in [-0.39, 0.29) is 0 Å². The maximum absolute atomic E-state index is 2.57. The van der Waals surface area contributed by atoms with Crippen molar-refractivity contribution in [3.05, 3.63) is 130 Å². The molecule has 0 N–H and O–H groups in total. The summed E-state index contributed by atoms with van der Waals surface area (Å²) in [6.45, 7) is 0. The van der Waals surface area contributed by atoms with E-state index in [1.54, 1.807) is 33.0 Å². The lowest BCUT2D eigenvalue weighted by molar-refractivity contribution is 0.260. The predicted octanol–water partition coefficient (Wildman–Crippen LogP) is 8.18. The zero-order valence-corrected chi connectivity index (χ0v) is 19.8. The number of hydrogen-bond acceptors (Lipinski definition) is 0. The van der Waals surface area contributed by atoms with Crippen LogP contribution in [-0.4, -0.2) is 0 Å². The summed E-state index contributed by atoms with van der Waals surface area (Å²) in [5.41, 5.74) is 12.5. The minimum absolute atomic E-state index is 0.474. The molecule has 0 heteroatoms. The van der Waals surface area contributed by atoms with Crippen molar-refractivity contribution in [1.82, 2.24) is 0 Å². The monoisotopic (exact) mass is 448 g/mol. The summed E-state index contributed by atoms with van der Waals surface area (Å²) in [5.74, 6) is 3.68. The second-order valence-electron chi connectivity index (χ2n) is 11.5. The molecular formula is C35H28. The Morgan fingerprint density at radius 2 is 0.971 bits per heavy atom. The Morgan fingerprint density at radius 3 is 1.46 bits per heavy atom. The lowest BCUT2D eigenvalue weighted by atomic mass is 9.57. The Bertz CT molecular complexity index is 1470. The van der Waals surface area contributed by atoms with E-state index in [4.69, 9.17) is 0 Å². The molecule has 9 rings (SSSR count). The number of rotatable bonds is 2. The van der Waals surface area contributed by atoms with Gasteiger partial charge in [0.15, 0.2) is 0 Å². The van der Waals surface area contributed by atoms with Crippen molar-refractivity contribution in [2.45, 2.75) is 31.1 Å². The zero-order valence-electron chi connectivity index (χ0n) is 19.8. The fraction of sp³-hybridized carbons (Fsp3) is 0.257. The Labute approximate surface area is 207 Å². The molecule has 0 saturated heterocycles. The van der Waals surface area contributed by atoms with E-state index < -0.39 is 0 Å². The lowest BCUT2D eigenvalue weighted by Gasteiger charge is -2.46. The van der Waals surface area contributed by atoms with E-state index in [0.29, 0.717) is 35.5 Å². The molecule has 0 aliphatic heterocycles. The van der Waals surface area contributed by atoms with Gasteiger partial charge in [0.25, 0.3) is 0 Å². The van der Waals surface area contributed by atoms with Crippen LogP contribution in [0, 0.1) is 23.7 Å². The Morgan fingerprint density at radius 1 is 0.486 bits per heavy atom. The summed E-state index contributed by atoms with van der Waals surface area (Å²) in [5, 5.41) is 3.16. The van der Waals surface area contributed by atoms with Crippen molar-refractivity contribution in [3.8, 4) is 0 Å². The van der Waals surface area contributed by atoms with Crippen molar-refractivity contribution in [1.29, 1.82) is 0 Å². The van der Waals surface area contributed by atoms with Gasteiger partial charge in [-0.05, 0) is 98.2 Å². The third-order valence-corrected chi connectivity index (χ3v) is 10.2. The van der Waals surface area contributed by atoms with Crippen LogP contribution in [0.5, 0.6) is 0 Å². The van der Waals surface area contributed by atoms with Gasteiger partial charge in [0.05, 0.1) is 0 Å². The Kier molecular flexibility index (Phi) is 3.58. The number of benzene rings is 4. The van der Waals surface area contributed by atoms with Gasteiger partial charge < -0.3 is 0 Å². The fourth-order valence-electron chi connectivity index (χ4n) is 9.06. The van der Waals surface area contributed by atoms with Crippen LogP contribution in [0.15, 0.2) is 97.1 Å². The Hall–Kier alpha value is -3.38. The zero-order chi connectivity index (χ0) is 22.7. The molecule has 35 heavy (non-hydrogen) atoms. The molecule has 0 nitrogen and oxygen atoms in total. The molecule has 2 bridgehead atoms. The molecule has 6 atom stereocenters. The van der Waals surface area contributed by atoms with Crippen LogP contribution in [0.2, 0.25) is 0 Å². The predicted molar refractivity (Wildman–Crippen MR) is 144 cm³/mol. The van der Waals surface area contributed by atoms with E-state index in [1.165, 1.54) is 41.5 Å². The van der Waals surface area contributed by atoms with Crippen LogP contribution in [0.25, 0.3) is 21.9 Å². The van der Waals surface area contributed by atoms with Gasteiger partial charge in [-0.1, -0.05) is 97.1 Å². The minimum Gasteiger partial charge on any atom is -0.0848 e. The van der Waals surface area contributed by atoms with E-state index in [2.05, 4.69) is 97.1 Å². The standard InChI is InChI=1S/C35H28/c1-3-7-20(8-4-1)29-31-24-13-14-25(19-24)32(31)30(21-9-5-2-6-10-21)35-27-18-16-23-12-11-22-15-17-26(34(29)35)33(27)28(22)23/h1-10,13-18,24-25,29-32H,11-12,19H2/t24-,25+,29-,30+,31-,32+. The molecule has 5 aliphatic carbocycles. The maximum atomic E-state index is 2.57. The normalized spacial score (nSPS) is 30.9. The smallest absolute Gasteiger partial charge is 0.0136 e. The van der Waals surface area contributed by atoms with Gasteiger partial charge in [0.1, 0.15) is 0 Å². The van der Waals surface area contributed by atoms with Crippen LogP contribution in [0.3, 0.4) is 0 Å². The first-order valence-electron chi connectivity index (χ1n) is 13.5. The van der Waals surface area contributed by atoms with E-state index >= 15 is 0 Å². The summed E-state index contributed by atoms with van der Waals surface area (Å²) < 4.78 is 0. The molecule has 1 fully saturated rings. The van der Waals surface area contributed by atoms with Crippen LogP contribution in [0.1, 0.15) is 51.6 Å². The van der Waals surface area contributed by atoms with Gasteiger partial charge in [0, 0.05) is 11.8 Å².